The number of hydrogen-bond acceptors (Lipinski definition) is 5. The third-order valence-electron chi connectivity index (χ3n) is 1.55. The van der Waals surface area contributed by atoms with Gasteiger partial charge in [-0.15, -0.1) is 0 Å². The molecule has 6 nitrogen and oxygen atoms in total. The minimum Gasteiger partial charge on any atom is -0.481 e. The molecule has 1 saturated heterocycles. The Labute approximate surface area is 83.2 Å². The molecule has 1 aliphatic heterocycles. The lowest BCUT2D eigenvalue weighted by Crippen LogP contribution is -2.35. The monoisotopic (exact) mass is 217 g/mol. The second kappa shape index (κ2) is 4.23. The van der Waals surface area contributed by atoms with Crippen LogP contribution in [0.1, 0.15) is 12.8 Å². The number of aliphatic carboxylic acids is 1. The number of carboxylic acids is 1. The van der Waals surface area contributed by atoms with Crippen molar-refractivity contribution in [1.29, 1.82) is 0 Å². The van der Waals surface area contributed by atoms with Crippen LogP contribution < -0.4 is 0 Å². The van der Waals surface area contributed by atoms with Crippen LogP contribution in [0.3, 0.4) is 0 Å². The molecule has 0 aromatic rings. The first-order valence-corrected chi connectivity index (χ1v) is 4.75. The fourth-order valence-corrected chi connectivity index (χ4v) is 1.63. The van der Waals surface area contributed by atoms with E-state index in [-0.39, 0.29) is 18.6 Å². The lowest BCUT2D eigenvalue weighted by atomic mass is 10.3. The highest BCUT2D eigenvalue weighted by Crippen LogP contribution is 2.19. The van der Waals surface area contributed by atoms with Gasteiger partial charge in [-0.05, 0) is 0 Å². The summed E-state index contributed by atoms with van der Waals surface area (Å²) < 4.78 is 0. The van der Waals surface area contributed by atoms with Crippen LogP contribution in [-0.2, 0) is 14.4 Å². The molecule has 0 aromatic heterocycles. The van der Waals surface area contributed by atoms with Crippen LogP contribution >= 0.6 is 11.8 Å². The van der Waals surface area contributed by atoms with Crippen molar-refractivity contribution < 1.29 is 24.3 Å². The van der Waals surface area contributed by atoms with Crippen molar-refractivity contribution in [3.8, 4) is 0 Å². The Morgan fingerprint density at radius 1 is 1.36 bits per heavy atom. The minimum absolute atomic E-state index is 0.0440. The standard InChI is InChI=1S/C7H7NO5S/c9-4(1-2-6(11)12)8-5(10)3-14-7(8)13/h1-3H2,(H,11,12). The van der Waals surface area contributed by atoms with E-state index in [0.29, 0.717) is 4.90 Å². The molecule has 0 saturated carbocycles. The number of imide groups is 3. The van der Waals surface area contributed by atoms with Crippen molar-refractivity contribution in [3.05, 3.63) is 0 Å². The van der Waals surface area contributed by atoms with Gasteiger partial charge in [-0.2, -0.15) is 0 Å². The van der Waals surface area contributed by atoms with Crippen molar-refractivity contribution in [1.82, 2.24) is 4.90 Å². The molecule has 0 aromatic carbocycles. The van der Waals surface area contributed by atoms with Gasteiger partial charge in [-0.1, -0.05) is 11.8 Å². The maximum Gasteiger partial charge on any atom is 0.303 e. The number of carbonyl (C=O) groups excluding carboxylic acids is 3. The van der Waals surface area contributed by atoms with Crippen LogP contribution in [0, 0.1) is 0 Å². The van der Waals surface area contributed by atoms with Crippen molar-refractivity contribution >= 4 is 34.8 Å². The number of thioether (sulfide) groups is 1. The maximum atomic E-state index is 11.2. The largest absolute Gasteiger partial charge is 0.481 e. The van der Waals surface area contributed by atoms with Gasteiger partial charge in [-0.3, -0.25) is 19.2 Å². The Kier molecular flexibility index (Phi) is 3.23. The average Bonchev–Trinajstić information content (AvgIpc) is 2.42. The van der Waals surface area contributed by atoms with Gasteiger partial charge >= 0.3 is 5.97 Å². The summed E-state index contributed by atoms with van der Waals surface area (Å²) in [5, 5.41) is 7.67. The average molecular weight is 217 g/mol. The lowest BCUT2D eigenvalue weighted by molar-refractivity contribution is -0.143. The summed E-state index contributed by atoms with van der Waals surface area (Å²) >= 11 is 0.745. The molecular formula is C7H7NO5S. The molecule has 0 aliphatic carbocycles. The van der Waals surface area contributed by atoms with Crippen LogP contribution in [0.4, 0.5) is 4.79 Å². The Balaban J connectivity index is 2.55. The quantitative estimate of drug-likeness (QED) is 0.719. The molecule has 0 unspecified atom stereocenters. The van der Waals surface area contributed by atoms with E-state index in [9.17, 15) is 19.2 Å². The van der Waals surface area contributed by atoms with Crippen molar-refractivity contribution in [2.45, 2.75) is 12.8 Å². The first kappa shape index (κ1) is 10.7. The van der Waals surface area contributed by atoms with E-state index in [0.717, 1.165) is 11.8 Å². The molecule has 1 fully saturated rings. The fourth-order valence-electron chi connectivity index (χ4n) is 0.921. The molecule has 1 N–H and O–H groups in total. The van der Waals surface area contributed by atoms with Crippen LogP contribution in [0.5, 0.6) is 0 Å². The van der Waals surface area contributed by atoms with E-state index in [1.807, 2.05) is 0 Å². The summed E-state index contributed by atoms with van der Waals surface area (Å²) in [5.41, 5.74) is 0. The summed E-state index contributed by atoms with van der Waals surface area (Å²) in [4.78, 5) is 43.8. The SMILES string of the molecule is O=C(O)CCC(=O)N1C(=O)CSC1=O. The number of hydrogen-bond donors (Lipinski definition) is 1. The van der Waals surface area contributed by atoms with Gasteiger partial charge < -0.3 is 5.11 Å². The number of rotatable bonds is 3. The second-order valence-electron chi connectivity index (χ2n) is 2.57. The first-order valence-electron chi connectivity index (χ1n) is 3.76. The molecule has 1 rings (SSSR count). The van der Waals surface area contributed by atoms with E-state index in [1.165, 1.54) is 0 Å². The molecule has 0 spiro atoms. The molecule has 3 amide bonds. The molecule has 0 bridgehead atoms. The van der Waals surface area contributed by atoms with Gasteiger partial charge in [0.2, 0.25) is 11.8 Å². The Morgan fingerprint density at radius 2 is 2.00 bits per heavy atom. The van der Waals surface area contributed by atoms with E-state index in [2.05, 4.69) is 0 Å². The minimum atomic E-state index is -1.13. The van der Waals surface area contributed by atoms with Gasteiger partial charge in [0, 0.05) is 6.42 Å². The van der Waals surface area contributed by atoms with Gasteiger partial charge in [0.05, 0.1) is 12.2 Å². The number of carboxylic acid groups (broad SMARTS) is 1. The summed E-state index contributed by atoms with van der Waals surface area (Å²) in [6, 6.07) is 0. The summed E-state index contributed by atoms with van der Waals surface area (Å²) in [5.74, 6) is -2.50. The highest BCUT2D eigenvalue weighted by molar-refractivity contribution is 8.14. The van der Waals surface area contributed by atoms with Crippen LogP contribution in [0.2, 0.25) is 0 Å². The number of amides is 3. The Morgan fingerprint density at radius 3 is 2.43 bits per heavy atom. The Bertz CT molecular complexity index is 297. The lowest BCUT2D eigenvalue weighted by Gasteiger charge is -2.08. The molecule has 0 radical (unpaired) electrons. The van der Waals surface area contributed by atoms with Gasteiger partial charge in [-0.25, -0.2) is 4.90 Å². The molecular weight excluding hydrogens is 210 g/mol. The molecule has 76 valence electrons. The van der Waals surface area contributed by atoms with Gasteiger partial charge in [0.1, 0.15) is 0 Å². The highest BCUT2D eigenvalue weighted by Gasteiger charge is 2.34. The van der Waals surface area contributed by atoms with E-state index in [4.69, 9.17) is 5.11 Å². The maximum absolute atomic E-state index is 11.2. The molecule has 7 heteroatoms. The summed E-state index contributed by atoms with van der Waals surface area (Å²) in [7, 11) is 0. The summed E-state index contributed by atoms with van der Waals surface area (Å²) in [6.07, 6.45) is -0.700. The van der Waals surface area contributed by atoms with E-state index in [1.54, 1.807) is 0 Å². The molecule has 1 heterocycles. The zero-order valence-electron chi connectivity index (χ0n) is 7.06. The topological polar surface area (TPSA) is 91.8 Å². The van der Waals surface area contributed by atoms with Crippen molar-refractivity contribution in [3.63, 3.8) is 0 Å². The van der Waals surface area contributed by atoms with Crippen LogP contribution in [0.25, 0.3) is 0 Å². The van der Waals surface area contributed by atoms with Gasteiger partial charge in [0.25, 0.3) is 5.24 Å². The smallest absolute Gasteiger partial charge is 0.303 e. The summed E-state index contributed by atoms with van der Waals surface area (Å²) in [6.45, 7) is 0. The molecule has 14 heavy (non-hydrogen) atoms. The first-order chi connectivity index (χ1) is 6.52. The van der Waals surface area contributed by atoms with Crippen molar-refractivity contribution in [2.24, 2.45) is 0 Å². The van der Waals surface area contributed by atoms with Crippen LogP contribution in [0.15, 0.2) is 0 Å². The zero-order valence-corrected chi connectivity index (χ0v) is 7.87. The fraction of sp³-hybridized carbons (Fsp3) is 0.429. The van der Waals surface area contributed by atoms with Crippen LogP contribution in [-0.4, -0.2) is 38.8 Å². The number of nitrogens with zero attached hydrogens (tertiary/aromatic N) is 1. The van der Waals surface area contributed by atoms with E-state index >= 15 is 0 Å². The van der Waals surface area contributed by atoms with E-state index < -0.39 is 23.0 Å². The normalized spacial score (nSPS) is 16.1. The Hall–Kier alpha value is -1.37. The van der Waals surface area contributed by atoms with Gasteiger partial charge in [0.15, 0.2) is 0 Å². The third kappa shape index (κ3) is 2.32. The second-order valence-corrected chi connectivity index (χ2v) is 3.50. The molecule has 0 atom stereocenters. The third-order valence-corrected chi connectivity index (χ3v) is 2.37. The van der Waals surface area contributed by atoms with Crippen molar-refractivity contribution in [2.75, 3.05) is 5.75 Å². The predicted octanol–water partition coefficient (Wildman–Crippen LogP) is 0.0732. The zero-order chi connectivity index (χ0) is 10.7. The highest BCUT2D eigenvalue weighted by atomic mass is 32.2. The predicted molar refractivity (Wildman–Crippen MR) is 46.6 cm³/mol. The number of carbonyl (C=O) groups is 4. The molecule has 1 aliphatic rings.